The van der Waals surface area contributed by atoms with E-state index in [1.807, 2.05) is 30.3 Å². The quantitative estimate of drug-likeness (QED) is 0.512. The SMILES string of the molecule is CC(=O)c1cccc(NC(=O)[C@H](C)Sc2n[nH]c(-c3ccccc3)n2)c1. The van der Waals surface area contributed by atoms with Crippen LogP contribution in [-0.2, 0) is 4.79 Å². The average Bonchev–Trinajstić information content (AvgIpc) is 3.11. The first-order valence-corrected chi connectivity index (χ1v) is 8.97. The second-order valence-electron chi connectivity index (χ2n) is 5.72. The van der Waals surface area contributed by atoms with Gasteiger partial charge in [0.25, 0.3) is 0 Å². The summed E-state index contributed by atoms with van der Waals surface area (Å²) in [5.74, 6) is 0.439. The summed E-state index contributed by atoms with van der Waals surface area (Å²) in [6.07, 6.45) is 0. The van der Waals surface area contributed by atoms with Crippen molar-refractivity contribution in [3.8, 4) is 11.4 Å². The third-order valence-corrected chi connectivity index (χ3v) is 4.66. The van der Waals surface area contributed by atoms with Crippen LogP contribution in [0.5, 0.6) is 0 Å². The summed E-state index contributed by atoms with van der Waals surface area (Å²) >= 11 is 1.26. The number of amides is 1. The zero-order chi connectivity index (χ0) is 18.5. The Hall–Kier alpha value is -2.93. The van der Waals surface area contributed by atoms with Gasteiger partial charge < -0.3 is 5.32 Å². The number of nitrogens with one attached hydrogen (secondary N) is 2. The van der Waals surface area contributed by atoms with Gasteiger partial charge in [-0.3, -0.25) is 14.7 Å². The molecule has 0 aliphatic rings. The number of aromatic amines is 1. The minimum atomic E-state index is -0.393. The predicted octanol–water partition coefficient (Wildman–Crippen LogP) is 3.79. The maximum atomic E-state index is 12.4. The molecule has 26 heavy (non-hydrogen) atoms. The third-order valence-electron chi connectivity index (χ3n) is 3.70. The lowest BCUT2D eigenvalue weighted by molar-refractivity contribution is -0.115. The largest absolute Gasteiger partial charge is 0.325 e. The van der Waals surface area contributed by atoms with Crippen LogP contribution in [0, 0.1) is 0 Å². The van der Waals surface area contributed by atoms with E-state index in [9.17, 15) is 9.59 Å². The Bertz CT molecular complexity index is 924. The number of hydrogen-bond donors (Lipinski definition) is 2. The molecule has 7 heteroatoms. The van der Waals surface area contributed by atoms with Crippen molar-refractivity contribution in [1.29, 1.82) is 0 Å². The van der Waals surface area contributed by atoms with E-state index >= 15 is 0 Å². The van der Waals surface area contributed by atoms with Crippen LogP contribution in [-0.4, -0.2) is 32.1 Å². The summed E-state index contributed by atoms with van der Waals surface area (Å²) in [4.78, 5) is 28.3. The third kappa shape index (κ3) is 4.37. The lowest BCUT2D eigenvalue weighted by Gasteiger charge is -2.10. The molecule has 0 fully saturated rings. The van der Waals surface area contributed by atoms with Crippen LogP contribution in [0.25, 0.3) is 11.4 Å². The van der Waals surface area contributed by atoms with Gasteiger partial charge >= 0.3 is 0 Å². The number of Topliss-reactive ketones (excluding diaryl/α,β-unsaturated/α-hetero) is 1. The van der Waals surface area contributed by atoms with E-state index in [4.69, 9.17) is 0 Å². The van der Waals surface area contributed by atoms with Crippen molar-refractivity contribution in [3.05, 3.63) is 60.2 Å². The Morgan fingerprint density at radius 3 is 2.62 bits per heavy atom. The molecule has 0 unspecified atom stereocenters. The molecular formula is C19H18N4O2S. The maximum absolute atomic E-state index is 12.4. The van der Waals surface area contributed by atoms with Gasteiger partial charge in [0.15, 0.2) is 11.6 Å². The summed E-state index contributed by atoms with van der Waals surface area (Å²) in [7, 11) is 0. The number of H-pyrrole nitrogens is 1. The lowest BCUT2D eigenvalue weighted by atomic mass is 10.1. The van der Waals surface area contributed by atoms with Crippen molar-refractivity contribution in [1.82, 2.24) is 15.2 Å². The highest BCUT2D eigenvalue weighted by molar-refractivity contribution is 8.00. The summed E-state index contributed by atoms with van der Waals surface area (Å²) in [5.41, 5.74) is 2.09. The Balaban J connectivity index is 1.64. The van der Waals surface area contributed by atoms with Gasteiger partial charge in [0.1, 0.15) is 0 Å². The number of hydrogen-bond acceptors (Lipinski definition) is 5. The van der Waals surface area contributed by atoms with Gasteiger partial charge in [0.2, 0.25) is 11.1 Å². The van der Waals surface area contributed by atoms with Crippen molar-refractivity contribution in [2.45, 2.75) is 24.3 Å². The number of nitrogens with zero attached hydrogens (tertiary/aromatic N) is 2. The number of thioether (sulfide) groups is 1. The normalized spacial score (nSPS) is 11.8. The van der Waals surface area contributed by atoms with Crippen LogP contribution in [0.15, 0.2) is 59.8 Å². The Morgan fingerprint density at radius 1 is 1.12 bits per heavy atom. The van der Waals surface area contributed by atoms with Gasteiger partial charge in [-0.15, -0.1) is 5.10 Å². The van der Waals surface area contributed by atoms with Crippen LogP contribution in [0.1, 0.15) is 24.2 Å². The van der Waals surface area contributed by atoms with E-state index in [1.54, 1.807) is 31.2 Å². The van der Waals surface area contributed by atoms with E-state index in [0.717, 1.165) is 5.56 Å². The number of carbonyl (C=O) groups excluding carboxylic acids is 2. The van der Waals surface area contributed by atoms with Gasteiger partial charge in [-0.25, -0.2) is 4.98 Å². The molecule has 0 saturated carbocycles. The van der Waals surface area contributed by atoms with Crippen molar-refractivity contribution >= 4 is 29.1 Å². The molecule has 0 aliphatic carbocycles. The van der Waals surface area contributed by atoms with Crippen LogP contribution in [0.4, 0.5) is 5.69 Å². The Morgan fingerprint density at radius 2 is 1.88 bits per heavy atom. The first-order chi connectivity index (χ1) is 12.5. The van der Waals surface area contributed by atoms with Crippen LogP contribution >= 0.6 is 11.8 Å². The molecule has 2 N–H and O–H groups in total. The average molecular weight is 366 g/mol. The number of rotatable bonds is 6. The zero-order valence-electron chi connectivity index (χ0n) is 14.4. The Kier molecular flexibility index (Phi) is 5.48. The zero-order valence-corrected chi connectivity index (χ0v) is 15.2. The van der Waals surface area contributed by atoms with Crippen LogP contribution < -0.4 is 5.32 Å². The monoisotopic (exact) mass is 366 g/mol. The summed E-state index contributed by atoms with van der Waals surface area (Å²) in [5, 5.41) is 9.97. The predicted molar refractivity (Wildman–Crippen MR) is 102 cm³/mol. The molecule has 3 rings (SSSR count). The maximum Gasteiger partial charge on any atom is 0.237 e. The molecule has 132 valence electrons. The molecule has 3 aromatic rings. The first-order valence-electron chi connectivity index (χ1n) is 8.09. The van der Waals surface area contributed by atoms with E-state index < -0.39 is 5.25 Å². The van der Waals surface area contributed by atoms with Crippen molar-refractivity contribution < 1.29 is 9.59 Å². The van der Waals surface area contributed by atoms with Crippen molar-refractivity contribution in [2.75, 3.05) is 5.32 Å². The standard InChI is InChI=1S/C19H18N4O2S/c1-12(24)15-9-6-10-16(11-15)20-18(25)13(2)26-19-21-17(22-23-19)14-7-4-3-5-8-14/h3-11,13H,1-2H3,(H,20,25)(H,21,22,23)/t13-/m0/s1. The Labute approximate surface area is 155 Å². The minimum absolute atomic E-state index is 0.0438. The second-order valence-corrected chi connectivity index (χ2v) is 7.03. The number of ketones is 1. The fourth-order valence-electron chi connectivity index (χ4n) is 2.30. The highest BCUT2D eigenvalue weighted by Crippen LogP contribution is 2.23. The molecule has 0 radical (unpaired) electrons. The number of carbonyl (C=O) groups is 2. The van der Waals surface area contributed by atoms with E-state index in [2.05, 4.69) is 20.5 Å². The molecule has 0 bridgehead atoms. The number of anilines is 1. The van der Waals surface area contributed by atoms with E-state index in [1.165, 1.54) is 18.7 Å². The van der Waals surface area contributed by atoms with Gasteiger partial charge in [-0.2, -0.15) is 0 Å². The lowest BCUT2D eigenvalue weighted by Crippen LogP contribution is -2.22. The van der Waals surface area contributed by atoms with Crippen molar-refractivity contribution in [2.24, 2.45) is 0 Å². The molecule has 2 aromatic carbocycles. The van der Waals surface area contributed by atoms with E-state index in [0.29, 0.717) is 22.2 Å². The second kappa shape index (κ2) is 7.97. The van der Waals surface area contributed by atoms with Gasteiger partial charge in [-0.1, -0.05) is 54.2 Å². The summed E-state index contributed by atoms with van der Waals surface area (Å²) in [6, 6.07) is 16.5. The summed E-state index contributed by atoms with van der Waals surface area (Å²) in [6.45, 7) is 3.28. The molecule has 1 atom stereocenters. The highest BCUT2D eigenvalue weighted by atomic mass is 32.2. The molecule has 6 nitrogen and oxygen atoms in total. The van der Waals surface area contributed by atoms with Gasteiger partial charge in [0, 0.05) is 16.8 Å². The topological polar surface area (TPSA) is 87.7 Å². The molecule has 1 heterocycles. The highest BCUT2D eigenvalue weighted by Gasteiger charge is 2.18. The molecular weight excluding hydrogens is 348 g/mol. The van der Waals surface area contributed by atoms with Crippen LogP contribution in [0.2, 0.25) is 0 Å². The van der Waals surface area contributed by atoms with Gasteiger partial charge in [-0.05, 0) is 26.0 Å². The molecule has 0 saturated heterocycles. The smallest absolute Gasteiger partial charge is 0.237 e. The fourth-order valence-corrected chi connectivity index (χ4v) is 3.02. The number of aromatic nitrogens is 3. The van der Waals surface area contributed by atoms with Crippen molar-refractivity contribution in [3.63, 3.8) is 0 Å². The molecule has 1 amide bonds. The van der Waals surface area contributed by atoms with Gasteiger partial charge in [0.05, 0.1) is 5.25 Å². The minimum Gasteiger partial charge on any atom is -0.325 e. The molecule has 0 spiro atoms. The van der Waals surface area contributed by atoms with Crippen LogP contribution in [0.3, 0.4) is 0 Å². The molecule has 1 aromatic heterocycles. The first kappa shape index (κ1) is 17.9. The molecule has 0 aliphatic heterocycles. The number of benzene rings is 2. The van der Waals surface area contributed by atoms with E-state index in [-0.39, 0.29) is 11.7 Å². The summed E-state index contributed by atoms with van der Waals surface area (Å²) < 4.78 is 0. The fraction of sp³-hybridized carbons (Fsp3) is 0.158.